The molecule has 0 heterocycles. The summed E-state index contributed by atoms with van der Waals surface area (Å²) in [5.74, 6) is -1.49. The third-order valence-electron chi connectivity index (χ3n) is 5.11. The lowest BCUT2D eigenvalue weighted by molar-refractivity contribution is -0.137. The Balaban J connectivity index is 2.38. The molecule has 0 bridgehead atoms. The van der Waals surface area contributed by atoms with E-state index in [4.69, 9.17) is 0 Å². The van der Waals surface area contributed by atoms with Gasteiger partial charge in [0.05, 0.1) is 10.5 Å². The van der Waals surface area contributed by atoms with Gasteiger partial charge in [-0.3, -0.25) is 9.59 Å². The van der Waals surface area contributed by atoms with E-state index in [1.807, 2.05) is 0 Å². The fraction of sp³-hybridized carbons (Fsp3) is 0.292. The lowest BCUT2D eigenvalue weighted by Crippen LogP contribution is -2.47. The number of carbonyl (C=O) groups excluding carboxylic acids is 2. The zero-order valence-corrected chi connectivity index (χ0v) is 20.8. The summed E-state index contributed by atoms with van der Waals surface area (Å²) in [6, 6.07) is 10.5. The number of likely N-dealkylation sites (N-methyl/N-ethyl adjacent to an activating group) is 1. The zero-order chi connectivity index (χ0) is 27.3. The molecular formula is C24H25F3N4O4S. The number of benzene rings is 2. The molecule has 0 aliphatic carbocycles. The molecule has 0 saturated carbocycles. The molecule has 0 fully saturated rings. The van der Waals surface area contributed by atoms with Gasteiger partial charge in [-0.25, -0.2) is 12.7 Å². The quantitative estimate of drug-likeness (QED) is 0.423. The van der Waals surface area contributed by atoms with Crippen molar-refractivity contribution in [2.45, 2.75) is 23.5 Å². The molecule has 8 nitrogen and oxygen atoms in total. The van der Waals surface area contributed by atoms with Gasteiger partial charge in [0, 0.05) is 34.6 Å². The van der Waals surface area contributed by atoms with E-state index in [0.29, 0.717) is 5.56 Å². The van der Waals surface area contributed by atoms with Gasteiger partial charge >= 0.3 is 6.18 Å². The standard InChI is InChI=1S/C24H25F3N4O4S/c1-30(2)23(33)20(13-16-9-11-19(12-10-16)24(25,26)27)29-22(32)18(15-28)14-17-7-5-6-8-21(17)36(34,35)31(3)4/h5-12,14,20H,13H2,1-4H3,(H,29,32)/b18-14+. The van der Waals surface area contributed by atoms with E-state index in [0.717, 1.165) is 22.5 Å². The van der Waals surface area contributed by atoms with Crippen molar-refractivity contribution in [3.8, 4) is 6.07 Å². The average Bonchev–Trinajstić information content (AvgIpc) is 2.81. The van der Waals surface area contributed by atoms with Crippen molar-refractivity contribution in [3.63, 3.8) is 0 Å². The highest BCUT2D eigenvalue weighted by Gasteiger charge is 2.30. The lowest BCUT2D eigenvalue weighted by Gasteiger charge is -2.22. The second-order valence-electron chi connectivity index (χ2n) is 8.15. The molecule has 2 rings (SSSR count). The molecule has 0 aliphatic heterocycles. The third-order valence-corrected chi connectivity index (χ3v) is 7.00. The fourth-order valence-corrected chi connectivity index (χ4v) is 4.22. The predicted octanol–water partition coefficient (Wildman–Crippen LogP) is 2.68. The monoisotopic (exact) mass is 522 g/mol. The molecule has 2 aromatic rings. The average molecular weight is 523 g/mol. The number of alkyl halides is 3. The summed E-state index contributed by atoms with van der Waals surface area (Å²) in [5.41, 5.74) is -0.864. The van der Waals surface area contributed by atoms with Gasteiger partial charge in [-0.15, -0.1) is 0 Å². The fourth-order valence-electron chi connectivity index (χ4n) is 3.15. The minimum absolute atomic E-state index is 0.0936. The first-order valence-electron chi connectivity index (χ1n) is 10.5. The van der Waals surface area contributed by atoms with Crippen LogP contribution >= 0.6 is 0 Å². The van der Waals surface area contributed by atoms with Gasteiger partial charge in [0.1, 0.15) is 17.7 Å². The topological polar surface area (TPSA) is 111 Å². The highest BCUT2D eigenvalue weighted by molar-refractivity contribution is 7.89. The SMILES string of the molecule is CN(C)C(=O)C(Cc1ccc(C(F)(F)F)cc1)NC(=O)/C(C#N)=C/c1ccccc1S(=O)(=O)N(C)C. The summed E-state index contributed by atoms with van der Waals surface area (Å²) in [4.78, 5) is 26.7. The van der Waals surface area contributed by atoms with Gasteiger partial charge in [0.15, 0.2) is 0 Å². The van der Waals surface area contributed by atoms with Gasteiger partial charge in [-0.1, -0.05) is 30.3 Å². The molecule has 1 atom stereocenters. The van der Waals surface area contributed by atoms with Crippen molar-refractivity contribution >= 4 is 27.9 Å². The number of hydrogen-bond donors (Lipinski definition) is 1. The number of rotatable bonds is 8. The van der Waals surface area contributed by atoms with Crippen LogP contribution in [0, 0.1) is 11.3 Å². The second-order valence-corrected chi connectivity index (χ2v) is 10.3. The number of amides is 2. The Labute approximate surface area is 207 Å². The van der Waals surface area contributed by atoms with Gasteiger partial charge in [-0.05, 0) is 35.4 Å². The van der Waals surface area contributed by atoms with Crippen LogP contribution in [0.4, 0.5) is 13.2 Å². The zero-order valence-electron chi connectivity index (χ0n) is 20.0. The molecule has 1 unspecified atom stereocenters. The van der Waals surface area contributed by atoms with Gasteiger partial charge < -0.3 is 10.2 Å². The third kappa shape index (κ3) is 6.93. The van der Waals surface area contributed by atoms with E-state index >= 15 is 0 Å². The maximum Gasteiger partial charge on any atom is 0.416 e. The molecule has 192 valence electrons. The van der Waals surface area contributed by atoms with Crippen LogP contribution in [-0.4, -0.2) is 63.7 Å². The van der Waals surface area contributed by atoms with Crippen molar-refractivity contribution in [2.75, 3.05) is 28.2 Å². The molecule has 12 heteroatoms. The van der Waals surface area contributed by atoms with E-state index in [2.05, 4.69) is 5.32 Å². The number of sulfonamides is 1. The van der Waals surface area contributed by atoms with E-state index in [1.54, 1.807) is 6.07 Å². The minimum Gasteiger partial charge on any atom is -0.347 e. The number of halogens is 3. The summed E-state index contributed by atoms with van der Waals surface area (Å²) in [5, 5.41) is 12.0. The first-order chi connectivity index (χ1) is 16.7. The Morgan fingerprint density at radius 1 is 1.06 bits per heavy atom. The predicted molar refractivity (Wildman–Crippen MR) is 127 cm³/mol. The highest BCUT2D eigenvalue weighted by Crippen LogP contribution is 2.29. The molecule has 0 aliphatic rings. The van der Waals surface area contributed by atoms with Crippen molar-refractivity contribution in [1.82, 2.24) is 14.5 Å². The van der Waals surface area contributed by atoms with Crippen molar-refractivity contribution in [3.05, 3.63) is 70.8 Å². The summed E-state index contributed by atoms with van der Waals surface area (Å²) in [6.07, 6.45) is -3.55. The first-order valence-corrected chi connectivity index (χ1v) is 11.9. The Kier molecular flexibility index (Phi) is 9.01. The molecule has 2 amide bonds. The summed E-state index contributed by atoms with van der Waals surface area (Å²) in [7, 11) is 1.68. The largest absolute Gasteiger partial charge is 0.416 e. The van der Waals surface area contributed by atoms with Crippen LogP contribution in [0.5, 0.6) is 0 Å². The van der Waals surface area contributed by atoms with E-state index in [9.17, 15) is 36.4 Å². The van der Waals surface area contributed by atoms with Crippen LogP contribution in [0.3, 0.4) is 0 Å². The number of nitrogens with zero attached hydrogens (tertiary/aromatic N) is 3. The van der Waals surface area contributed by atoms with Crippen molar-refractivity contribution < 1.29 is 31.2 Å². The van der Waals surface area contributed by atoms with Crippen LogP contribution < -0.4 is 5.32 Å². The van der Waals surface area contributed by atoms with Gasteiger partial charge in [-0.2, -0.15) is 18.4 Å². The van der Waals surface area contributed by atoms with E-state index < -0.39 is 45.2 Å². The summed E-state index contributed by atoms with van der Waals surface area (Å²) < 4.78 is 64.8. The van der Waals surface area contributed by atoms with E-state index in [1.165, 1.54) is 69.5 Å². The number of carbonyl (C=O) groups is 2. The van der Waals surface area contributed by atoms with Crippen LogP contribution in [0.25, 0.3) is 6.08 Å². The Morgan fingerprint density at radius 3 is 2.14 bits per heavy atom. The molecule has 2 aromatic carbocycles. The first kappa shape index (κ1) is 28.5. The smallest absolute Gasteiger partial charge is 0.347 e. The Hall–Kier alpha value is -3.69. The maximum atomic E-state index is 12.9. The maximum absolute atomic E-state index is 12.9. The van der Waals surface area contributed by atoms with Crippen LogP contribution in [0.1, 0.15) is 16.7 Å². The molecule has 36 heavy (non-hydrogen) atoms. The number of nitrogens with one attached hydrogen (secondary N) is 1. The van der Waals surface area contributed by atoms with E-state index in [-0.39, 0.29) is 16.9 Å². The van der Waals surface area contributed by atoms with Gasteiger partial charge in [0.2, 0.25) is 15.9 Å². The molecule has 1 N–H and O–H groups in total. The molecule has 0 spiro atoms. The summed E-state index contributed by atoms with van der Waals surface area (Å²) in [6.45, 7) is 0. The van der Waals surface area contributed by atoms with Crippen LogP contribution in [-0.2, 0) is 32.2 Å². The Morgan fingerprint density at radius 2 is 1.64 bits per heavy atom. The molecular weight excluding hydrogens is 497 g/mol. The second kappa shape index (κ2) is 11.4. The molecule has 0 saturated heterocycles. The highest BCUT2D eigenvalue weighted by atomic mass is 32.2. The lowest BCUT2D eigenvalue weighted by atomic mass is 10.0. The van der Waals surface area contributed by atoms with Crippen molar-refractivity contribution in [2.24, 2.45) is 0 Å². The number of hydrogen-bond acceptors (Lipinski definition) is 5. The molecule has 0 aromatic heterocycles. The van der Waals surface area contributed by atoms with Crippen molar-refractivity contribution in [1.29, 1.82) is 5.26 Å². The molecule has 0 radical (unpaired) electrons. The van der Waals surface area contributed by atoms with Crippen LogP contribution in [0.15, 0.2) is 59.0 Å². The summed E-state index contributed by atoms with van der Waals surface area (Å²) >= 11 is 0. The van der Waals surface area contributed by atoms with Gasteiger partial charge in [0.25, 0.3) is 5.91 Å². The number of nitriles is 1. The normalized spacial score (nSPS) is 13.1. The van der Waals surface area contributed by atoms with Crippen LogP contribution in [0.2, 0.25) is 0 Å². The minimum atomic E-state index is -4.52. The Bertz CT molecular complexity index is 1300.